The zero-order chi connectivity index (χ0) is 29.2. The summed E-state index contributed by atoms with van der Waals surface area (Å²) >= 11 is 3.44. The highest BCUT2D eigenvalue weighted by Crippen LogP contribution is 2.18. The smallest absolute Gasteiger partial charge is 0.242 e. The van der Waals surface area contributed by atoms with Gasteiger partial charge in [-0.3, -0.25) is 14.4 Å². The van der Waals surface area contributed by atoms with Gasteiger partial charge < -0.3 is 26.1 Å². The first-order valence-electron chi connectivity index (χ1n) is 13.8. The summed E-state index contributed by atoms with van der Waals surface area (Å²) < 4.78 is 0. The number of hydrogen-bond donors (Lipinski definition) is 4. The number of hydrogen-bond acceptors (Lipinski definition) is 7. The van der Waals surface area contributed by atoms with Crippen molar-refractivity contribution >= 4 is 47.5 Å². The van der Waals surface area contributed by atoms with Crippen molar-refractivity contribution in [2.24, 2.45) is 11.8 Å². The molecule has 4 atom stereocenters. The SMILES string of the molecule is CC[C@H](C)[C@H](NC(=O)[C@H](CC(C)C)NC)C(=O)NCCSCc1cccc(CSCCC(=O)N[C@H](C)C=O)c1. The monoisotopic (exact) mass is 580 g/mol. The van der Waals surface area contributed by atoms with Crippen LogP contribution in [0.1, 0.15) is 65.0 Å². The van der Waals surface area contributed by atoms with Gasteiger partial charge in [0.15, 0.2) is 0 Å². The zero-order valence-corrected chi connectivity index (χ0v) is 26.0. The summed E-state index contributed by atoms with van der Waals surface area (Å²) in [6.07, 6.45) is 2.62. The topological polar surface area (TPSA) is 116 Å². The first-order valence-corrected chi connectivity index (χ1v) is 16.1. The summed E-state index contributed by atoms with van der Waals surface area (Å²) in [7, 11) is 1.77. The van der Waals surface area contributed by atoms with Crippen molar-refractivity contribution in [1.29, 1.82) is 0 Å². The molecule has 0 saturated carbocycles. The number of carbonyl (C=O) groups is 4. The Morgan fingerprint density at radius 1 is 0.949 bits per heavy atom. The Morgan fingerprint density at radius 2 is 1.59 bits per heavy atom. The van der Waals surface area contributed by atoms with Crippen LogP contribution < -0.4 is 21.3 Å². The normalized spacial score (nSPS) is 14.2. The van der Waals surface area contributed by atoms with Crippen LogP contribution in [0.3, 0.4) is 0 Å². The van der Waals surface area contributed by atoms with E-state index in [-0.39, 0.29) is 29.7 Å². The predicted octanol–water partition coefficient (Wildman–Crippen LogP) is 3.53. The molecule has 4 N–H and O–H groups in total. The molecule has 220 valence electrons. The Labute approximate surface area is 243 Å². The number of likely N-dealkylation sites (N-methyl/N-ethyl adjacent to an activating group) is 1. The van der Waals surface area contributed by atoms with E-state index in [1.54, 1.807) is 37.5 Å². The second kappa shape index (κ2) is 19.9. The number of amides is 3. The number of rotatable bonds is 20. The largest absolute Gasteiger partial charge is 0.353 e. The van der Waals surface area contributed by atoms with Gasteiger partial charge in [-0.25, -0.2) is 0 Å². The quantitative estimate of drug-likeness (QED) is 0.138. The third-order valence-electron chi connectivity index (χ3n) is 6.31. The van der Waals surface area contributed by atoms with E-state index in [1.807, 2.05) is 19.9 Å². The van der Waals surface area contributed by atoms with Crippen molar-refractivity contribution in [3.8, 4) is 0 Å². The number of aldehydes is 1. The highest BCUT2D eigenvalue weighted by Gasteiger charge is 2.28. The zero-order valence-electron chi connectivity index (χ0n) is 24.4. The van der Waals surface area contributed by atoms with Gasteiger partial charge in [0, 0.05) is 36.0 Å². The number of carbonyl (C=O) groups excluding carboxylic acids is 4. The standard InChI is InChI=1S/C29H48N4O4S2/c1-7-21(4)27(33-28(36)25(30-6)15-20(2)3)29(37)31-12-14-39-19-24-10-8-9-23(16-24)18-38-13-11-26(35)32-22(5)17-34/h8-10,16-17,20-22,25,27,30H,7,11-15,18-19H2,1-6H3,(H,31,37)(H,32,35)(H,33,36)/t21-,22+,25-,27-/m0/s1. The second-order valence-corrected chi connectivity index (χ2v) is 12.5. The van der Waals surface area contributed by atoms with Gasteiger partial charge >= 0.3 is 0 Å². The fourth-order valence-corrected chi connectivity index (χ4v) is 5.55. The van der Waals surface area contributed by atoms with Crippen molar-refractivity contribution in [3.63, 3.8) is 0 Å². The van der Waals surface area contributed by atoms with E-state index in [2.05, 4.69) is 53.3 Å². The van der Waals surface area contributed by atoms with Crippen LogP contribution in [0.15, 0.2) is 24.3 Å². The molecule has 0 fully saturated rings. The number of benzene rings is 1. The molecule has 3 amide bonds. The van der Waals surface area contributed by atoms with Crippen molar-refractivity contribution in [3.05, 3.63) is 35.4 Å². The van der Waals surface area contributed by atoms with Gasteiger partial charge in [0.2, 0.25) is 17.7 Å². The van der Waals surface area contributed by atoms with Crippen LogP contribution in [-0.2, 0) is 30.7 Å². The highest BCUT2D eigenvalue weighted by atomic mass is 32.2. The molecule has 0 heterocycles. The van der Waals surface area contributed by atoms with Gasteiger partial charge in [-0.1, -0.05) is 58.4 Å². The van der Waals surface area contributed by atoms with Crippen LogP contribution in [0.2, 0.25) is 0 Å². The lowest BCUT2D eigenvalue weighted by atomic mass is 9.97. The molecule has 0 aliphatic rings. The lowest BCUT2D eigenvalue weighted by Crippen LogP contribution is -2.55. The molecule has 1 aromatic rings. The summed E-state index contributed by atoms with van der Waals surface area (Å²) in [6.45, 7) is 10.4. The van der Waals surface area contributed by atoms with E-state index in [0.717, 1.165) is 30.0 Å². The molecule has 39 heavy (non-hydrogen) atoms. The van der Waals surface area contributed by atoms with Crippen molar-refractivity contribution in [1.82, 2.24) is 21.3 Å². The number of thioether (sulfide) groups is 2. The maximum atomic E-state index is 12.9. The van der Waals surface area contributed by atoms with Gasteiger partial charge in [0.25, 0.3) is 0 Å². The molecule has 0 aliphatic heterocycles. The molecule has 0 radical (unpaired) electrons. The molecule has 1 rings (SSSR count). The maximum Gasteiger partial charge on any atom is 0.242 e. The van der Waals surface area contributed by atoms with Crippen molar-refractivity contribution in [2.75, 3.05) is 25.1 Å². The molecule has 10 heteroatoms. The lowest BCUT2D eigenvalue weighted by Gasteiger charge is -2.26. The van der Waals surface area contributed by atoms with Gasteiger partial charge in [-0.2, -0.15) is 23.5 Å². The molecular formula is C29H48N4O4S2. The molecule has 0 spiro atoms. The minimum atomic E-state index is -0.552. The van der Waals surface area contributed by atoms with Gasteiger partial charge in [0.05, 0.1) is 12.1 Å². The number of nitrogens with one attached hydrogen (secondary N) is 4. The summed E-state index contributed by atoms with van der Waals surface area (Å²) in [4.78, 5) is 48.1. The van der Waals surface area contributed by atoms with E-state index in [0.29, 0.717) is 31.1 Å². The average Bonchev–Trinajstić information content (AvgIpc) is 2.91. The Hall–Kier alpha value is -2.04. The van der Waals surface area contributed by atoms with Crippen molar-refractivity contribution < 1.29 is 19.2 Å². The third-order valence-corrected chi connectivity index (χ3v) is 8.37. The molecule has 0 bridgehead atoms. The summed E-state index contributed by atoms with van der Waals surface area (Å²) in [5.74, 6) is 3.16. The van der Waals surface area contributed by atoms with E-state index < -0.39 is 12.1 Å². The Balaban J connectivity index is 2.43. The van der Waals surface area contributed by atoms with E-state index in [4.69, 9.17) is 0 Å². The minimum absolute atomic E-state index is 0.0352. The Bertz CT molecular complexity index is 900. The predicted molar refractivity (Wildman–Crippen MR) is 164 cm³/mol. The fraction of sp³-hybridized carbons (Fsp3) is 0.655. The molecular weight excluding hydrogens is 532 g/mol. The molecule has 0 aromatic heterocycles. The van der Waals surface area contributed by atoms with E-state index in [9.17, 15) is 19.2 Å². The molecule has 0 aliphatic carbocycles. The van der Waals surface area contributed by atoms with Crippen LogP contribution in [0, 0.1) is 11.8 Å². The maximum absolute atomic E-state index is 12.9. The Morgan fingerprint density at radius 3 is 2.15 bits per heavy atom. The average molecular weight is 581 g/mol. The first-order chi connectivity index (χ1) is 18.6. The minimum Gasteiger partial charge on any atom is -0.353 e. The van der Waals surface area contributed by atoms with Crippen molar-refractivity contribution in [2.45, 2.75) is 83.5 Å². The van der Waals surface area contributed by atoms with Crippen LogP contribution in [0.5, 0.6) is 0 Å². The van der Waals surface area contributed by atoms with Crippen LogP contribution in [0.25, 0.3) is 0 Å². The molecule has 8 nitrogen and oxygen atoms in total. The van der Waals surface area contributed by atoms with Gasteiger partial charge in [-0.05, 0) is 43.4 Å². The summed E-state index contributed by atoms with van der Waals surface area (Å²) in [5, 5.41) is 11.7. The Kier molecular flexibility index (Phi) is 17.9. The van der Waals surface area contributed by atoms with Crippen LogP contribution >= 0.6 is 23.5 Å². The van der Waals surface area contributed by atoms with Crippen LogP contribution in [-0.4, -0.2) is 67.2 Å². The first kappa shape index (κ1) is 35.0. The highest BCUT2D eigenvalue weighted by molar-refractivity contribution is 7.98. The molecule has 0 unspecified atom stereocenters. The summed E-state index contributed by atoms with van der Waals surface area (Å²) in [6, 6.07) is 7.09. The van der Waals surface area contributed by atoms with E-state index in [1.165, 1.54) is 11.1 Å². The van der Waals surface area contributed by atoms with E-state index >= 15 is 0 Å². The summed E-state index contributed by atoms with van der Waals surface area (Å²) in [5.41, 5.74) is 2.42. The van der Waals surface area contributed by atoms with Gasteiger partial charge in [-0.15, -0.1) is 0 Å². The molecule has 0 saturated heterocycles. The van der Waals surface area contributed by atoms with Crippen LogP contribution in [0.4, 0.5) is 0 Å². The fourth-order valence-electron chi connectivity index (χ4n) is 3.85. The third kappa shape index (κ3) is 14.8. The molecule has 1 aromatic carbocycles. The van der Waals surface area contributed by atoms with Gasteiger partial charge in [0.1, 0.15) is 12.3 Å². The second-order valence-electron chi connectivity index (χ2n) is 10.3. The lowest BCUT2D eigenvalue weighted by molar-refractivity contribution is -0.131.